The van der Waals surface area contributed by atoms with Gasteiger partial charge in [-0.3, -0.25) is 4.72 Å². The summed E-state index contributed by atoms with van der Waals surface area (Å²) < 4.78 is 49.8. The van der Waals surface area contributed by atoms with Gasteiger partial charge in [-0.2, -0.15) is 0 Å². The van der Waals surface area contributed by atoms with Gasteiger partial charge in [0.05, 0.1) is 9.79 Å². The van der Waals surface area contributed by atoms with Crippen LogP contribution in [0.2, 0.25) is 0 Å². The van der Waals surface area contributed by atoms with E-state index >= 15 is 0 Å². The zero-order chi connectivity index (χ0) is 17.3. The van der Waals surface area contributed by atoms with Crippen LogP contribution >= 0.6 is 0 Å². The van der Waals surface area contributed by atoms with E-state index in [2.05, 4.69) is 4.72 Å². The fraction of sp³-hybridized carbons (Fsp3) is 0.200. The number of primary sulfonamides is 1. The van der Waals surface area contributed by atoms with Crippen molar-refractivity contribution < 1.29 is 16.8 Å². The minimum Gasteiger partial charge on any atom is -0.280 e. The van der Waals surface area contributed by atoms with Gasteiger partial charge >= 0.3 is 0 Å². The number of nitrogens with two attached hydrogens (primary N) is 1. The highest BCUT2D eigenvalue weighted by atomic mass is 32.2. The van der Waals surface area contributed by atoms with Crippen LogP contribution in [0.15, 0.2) is 58.3 Å². The number of anilines is 1. The lowest BCUT2D eigenvalue weighted by Crippen LogP contribution is -2.16. The molecule has 3 N–H and O–H groups in total. The minimum absolute atomic E-state index is 0.169. The summed E-state index contributed by atoms with van der Waals surface area (Å²) in [7, 11) is -7.87. The van der Waals surface area contributed by atoms with Crippen molar-refractivity contribution in [1.29, 1.82) is 0 Å². The van der Waals surface area contributed by atoms with Gasteiger partial charge < -0.3 is 0 Å². The van der Waals surface area contributed by atoms with Crippen LogP contribution in [0.3, 0.4) is 0 Å². The Hall–Kier alpha value is -1.90. The molecule has 124 valence electrons. The Kier molecular flexibility index (Phi) is 4.79. The summed E-state index contributed by atoms with van der Waals surface area (Å²) in [6, 6.07) is 11.9. The van der Waals surface area contributed by atoms with E-state index in [9.17, 15) is 16.8 Å². The van der Waals surface area contributed by atoms with Crippen LogP contribution in [-0.2, 0) is 20.0 Å². The summed E-state index contributed by atoms with van der Waals surface area (Å²) in [6.07, 6.45) is 0. The molecule has 6 nitrogen and oxygen atoms in total. The molecule has 0 amide bonds. The summed E-state index contributed by atoms with van der Waals surface area (Å²) in [5.41, 5.74) is 1.49. The molecule has 2 aromatic carbocycles. The zero-order valence-corrected chi connectivity index (χ0v) is 14.4. The van der Waals surface area contributed by atoms with Gasteiger partial charge in [0, 0.05) is 5.69 Å². The monoisotopic (exact) mass is 354 g/mol. The summed E-state index contributed by atoms with van der Waals surface area (Å²) >= 11 is 0. The Labute approximate surface area is 136 Å². The molecular weight excluding hydrogens is 336 g/mol. The standard InChI is InChI=1S/C15H18N2O4S2/c1-11(2)12-6-8-13(9-7-12)17-23(20,21)15-5-3-4-14(10-15)22(16,18)19/h3-11,17H,1-2H3,(H2,16,18,19). The SMILES string of the molecule is CC(C)c1ccc(NS(=O)(=O)c2cccc(S(N)(=O)=O)c2)cc1. The maximum absolute atomic E-state index is 12.4. The van der Waals surface area contributed by atoms with Crippen LogP contribution in [0, 0.1) is 0 Å². The van der Waals surface area contributed by atoms with E-state index in [4.69, 9.17) is 5.14 Å². The normalized spacial score (nSPS) is 12.3. The van der Waals surface area contributed by atoms with Crippen molar-refractivity contribution in [2.24, 2.45) is 5.14 Å². The van der Waals surface area contributed by atoms with Gasteiger partial charge in [0.25, 0.3) is 10.0 Å². The Bertz CT molecular complexity index is 903. The molecule has 0 aliphatic heterocycles. The topological polar surface area (TPSA) is 106 Å². The Morgan fingerprint density at radius 2 is 1.48 bits per heavy atom. The van der Waals surface area contributed by atoms with Gasteiger partial charge in [0.15, 0.2) is 0 Å². The van der Waals surface area contributed by atoms with Gasteiger partial charge in [0.1, 0.15) is 0 Å². The third kappa shape index (κ3) is 4.31. The van der Waals surface area contributed by atoms with Crippen molar-refractivity contribution in [1.82, 2.24) is 0 Å². The molecule has 0 aliphatic carbocycles. The van der Waals surface area contributed by atoms with Crippen LogP contribution < -0.4 is 9.86 Å². The number of benzene rings is 2. The van der Waals surface area contributed by atoms with E-state index in [0.29, 0.717) is 11.6 Å². The van der Waals surface area contributed by atoms with E-state index in [1.165, 1.54) is 18.2 Å². The highest BCUT2D eigenvalue weighted by Gasteiger charge is 2.17. The number of nitrogens with one attached hydrogen (secondary N) is 1. The van der Waals surface area contributed by atoms with Crippen LogP contribution in [0.25, 0.3) is 0 Å². The summed E-state index contributed by atoms with van der Waals surface area (Å²) in [5, 5.41) is 5.02. The van der Waals surface area contributed by atoms with Crippen LogP contribution in [0.4, 0.5) is 5.69 Å². The quantitative estimate of drug-likeness (QED) is 0.859. The van der Waals surface area contributed by atoms with E-state index in [1.54, 1.807) is 12.1 Å². The minimum atomic E-state index is -3.97. The smallest absolute Gasteiger partial charge is 0.261 e. The van der Waals surface area contributed by atoms with Gasteiger partial charge in [-0.1, -0.05) is 32.0 Å². The molecule has 0 saturated heterocycles. The number of rotatable bonds is 5. The molecule has 0 unspecified atom stereocenters. The van der Waals surface area contributed by atoms with Crippen molar-refractivity contribution in [3.63, 3.8) is 0 Å². The van der Waals surface area contributed by atoms with E-state index in [-0.39, 0.29) is 9.79 Å². The first-order chi connectivity index (χ1) is 10.6. The van der Waals surface area contributed by atoms with E-state index in [1.807, 2.05) is 26.0 Å². The molecule has 0 bridgehead atoms. The zero-order valence-electron chi connectivity index (χ0n) is 12.7. The second kappa shape index (κ2) is 6.31. The van der Waals surface area contributed by atoms with Crippen molar-refractivity contribution in [3.8, 4) is 0 Å². The maximum Gasteiger partial charge on any atom is 0.261 e. The molecule has 0 heterocycles. The number of hydrogen-bond acceptors (Lipinski definition) is 4. The molecule has 23 heavy (non-hydrogen) atoms. The largest absolute Gasteiger partial charge is 0.280 e. The van der Waals surface area contributed by atoms with E-state index < -0.39 is 20.0 Å². The predicted molar refractivity (Wildman–Crippen MR) is 89.2 cm³/mol. The molecular formula is C15H18N2O4S2. The fourth-order valence-corrected chi connectivity index (χ4v) is 3.71. The van der Waals surface area contributed by atoms with Crippen LogP contribution in [0.1, 0.15) is 25.3 Å². The Morgan fingerprint density at radius 3 is 2.00 bits per heavy atom. The van der Waals surface area contributed by atoms with Crippen LogP contribution in [-0.4, -0.2) is 16.8 Å². The third-order valence-electron chi connectivity index (χ3n) is 3.27. The maximum atomic E-state index is 12.4. The average molecular weight is 354 g/mol. The van der Waals surface area contributed by atoms with Gasteiger partial charge in [-0.15, -0.1) is 0 Å². The first-order valence-electron chi connectivity index (χ1n) is 6.85. The first-order valence-corrected chi connectivity index (χ1v) is 9.88. The van der Waals surface area contributed by atoms with Gasteiger partial charge in [-0.25, -0.2) is 22.0 Å². The summed E-state index contributed by atoms with van der Waals surface area (Å²) in [5.74, 6) is 0.340. The molecule has 0 aliphatic rings. The lowest BCUT2D eigenvalue weighted by Gasteiger charge is -2.10. The van der Waals surface area contributed by atoms with Crippen molar-refractivity contribution in [2.45, 2.75) is 29.6 Å². The molecule has 2 aromatic rings. The van der Waals surface area contributed by atoms with Crippen molar-refractivity contribution >= 4 is 25.7 Å². The first kappa shape index (κ1) is 17.5. The summed E-state index contributed by atoms with van der Waals surface area (Å²) in [4.78, 5) is -0.424. The molecule has 2 rings (SSSR count). The molecule has 0 atom stereocenters. The lowest BCUT2D eigenvalue weighted by molar-refractivity contribution is 0.597. The molecule has 0 aromatic heterocycles. The molecule has 8 heteroatoms. The Morgan fingerprint density at radius 1 is 0.913 bits per heavy atom. The van der Waals surface area contributed by atoms with Crippen LogP contribution in [0.5, 0.6) is 0 Å². The molecule has 0 spiro atoms. The van der Waals surface area contributed by atoms with Crippen molar-refractivity contribution in [2.75, 3.05) is 4.72 Å². The highest BCUT2D eigenvalue weighted by Crippen LogP contribution is 2.21. The van der Waals surface area contributed by atoms with E-state index in [0.717, 1.165) is 11.6 Å². The lowest BCUT2D eigenvalue weighted by atomic mass is 10.0. The third-order valence-corrected chi connectivity index (χ3v) is 5.56. The molecule has 0 saturated carbocycles. The van der Waals surface area contributed by atoms with Gasteiger partial charge in [0.2, 0.25) is 10.0 Å². The second-order valence-corrected chi connectivity index (χ2v) is 8.65. The molecule has 0 radical (unpaired) electrons. The van der Waals surface area contributed by atoms with Gasteiger partial charge in [-0.05, 0) is 41.8 Å². The average Bonchev–Trinajstić information content (AvgIpc) is 2.46. The fourth-order valence-electron chi connectivity index (χ4n) is 1.97. The summed E-state index contributed by atoms with van der Waals surface area (Å²) in [6.45, 7) is 4.08. The number of sulfonamides is 2. The molecule has 0 fully saturated rings. The second-order valence-electron chi connectivity index (χ2n) is 5.40. The Balaban J connectivity index is 2.32. The highest BCUT2D eigenvalue weighted by molar-refractivity contribution is 7.93. The van der Waals surface area contributed by atoms with Crippen molar-refractivity contribution in [3.05, 3.63) is 54.1 Å². The number of hydrogen-bond donors (Lipinski definition) is 2. The predicted octanol–water partition coefficient (Wildman–Crippen LogP) is 2.26.